The van der Waals surface area contributed by atoms with Crippen LogP contribution in [0.2, 0.25) is 0 Å². The molecule has 1 aromatic heterocycles. The first-order valence-corrected chi connectivity index (χ1v) is 7.41. The number of aromatic nitrogens is 1. The van der Waals surface area contributed by atoms with E-state index >= 15 is 0 Å². The van der Waals surface area contributed by atoms with E-state index < -0.39 is 0 Å². The molecule has 0 unspecified atom stereocenters. The van der Waals surface area contributed by atoms with Gasteiger partial charge >= 0.3 is 0 Å². The van der Waals surface area contributed by atoms with Crippen LogP contribution in [0.15, 0.2) is 48.7 Å². The molecule has 23 heavy (non-hydrogen) atoms. The number of aliphatic hydroxyl groups is 1. The van der Waals surface area contributed by atoms with Gasteiger partial charge in [0, 0.05) is 29.4 Å². The summed E-state index contributed by atoms with van der Waals surface area (Å²) in [5, 5.41) is 12.4. The summed E-state index contributed by atoms with van der Waals surface area (Å²) in [6, 6.07) is 11.8. The zero-order valence-electron chi connectivity index (χ0n) is 12.5. The molecule has 0 aliphatic rings. The maximum absolute atomic E-state index is 13.3. The van der Waals surface area contributed by atoms with Crippen LogP contribution in [0.25, 0.3) is 10.9 Å². The fourth-order valence-electron chi connectivity index (χ4n) is 2.56. The number of halogens is 1. The van der Waals surface area contributed by atoms with E-state index in [0.717, 1.165) is 22.0 Å². The second-order valence-corrected chi connectivity index (χ2v) is 5.40. The Balaban J connectivity index is 1.69. The number of anilines is 1. The second-order valence-electron chi connectivity index (χ2n) is 5.40. The predicted octanol–water partition coefficient (Wildman–Crippen LogP) is 3.02. The Morgan fingerprint density at radius 1 is 1.17 bits per heavy atom. The average Bonchev–Trinajstić information content (AvgIpc) is 2.92. The van der Waals surface area contributed by atoms with Gasteiger partial charge in [-0.25, -0.2) is 4.39 Å². The SMILES string of the molecule is O=C(Cc1c[nH]c2ccc(F)cc12)Nc1ccc(CCO)cc1. The van der Waals surface area contributed by atoms with Crippen molar-refractivity contribution in [3.8, 4) is 0 Å². The molecule has 3 N–H and O–H groups in total. The molecule has 3 aromatic rings. The molecule has 118 valence electrons. The lowest BCUT2D eigenvalue weighted by Crippen LogP contribution is -2.14. The topological polar surface area (TPSA) is 65.1 Å². The van der Waals surface area contributed by atoms with Crippen LogP contribution >= 0.6 is 0 Å². The average molecular weight is 312 g/mol. The lowest BCUT2D eigenvalue weighted by atomic mass is 10.1. The van der Waals surface area contributed by atoms with E-state index in [1.54, 1.807) is 24.4 Å². The van der Waals surface area contributed by atoms with Gasteiger partial charge in [-0.1, -0.05) is 12.1 Å². The third-order valence-electron chi connectivity index (χ3n) is 3.72. The van der Waals surface area contributed by atoms with E-state index in [9.17, 15) is 9.18 Å². The zero-order chi connectivity index (χ0) is 16.2. The van der Waals surface area contributed by atoms with Gasteiger partial charge in [0.2, 0.25) is 5.91 Å². The first-order valence-electron chi connectivity index (χ1n) is 7.41. The molecule has 0 saturated heterocycles. The van der Waals surface area contributed by atoms with Crippen molar-refractivity contribution in [3.05, 3.63) is 65.6 Å². The number of carbonyl (C=O) groups excluding carboxylic acids is 1. The Morgan fingerprint density at radius 2 is 1.96 bits per heavy atom. The number of rotatable bonds is 5. The van der Waals surface area contributed by atoms with Crippen molar-refractivity contribution in [2.24, 2.45) is 0 Å². The fraction of sp³-hybridized carbons (Fsp3) is 0.167. The Kier molecular flexibility index (Phi) is 4.39. The summed E-state index contributed by atoms with van der Waals surface area (Å²) in [5.41, 5.74) is 3.27. The summed E-state index contributed by atoms with van der Waals surface area (Å²) in [6.45, 7) is 0.100. The standard InChI is InChI=1S/C18H17FN2O2/c19-14-3-6-17-16(10-14)13(11-20-17)9-18(23)21-15-4-1-12(2-5-15)7-8-22/h1-6,10-11,20,22H,7-9H2,(H,21,23). The lowest BCUT2D eigenvalue weighted by Gasteiger charge is -2.06. The van der Waals surface area contributed by atoms with Crippen molar-refractivity contribution in [2.45, 2.75) is 12.8 Å². The third kappa shape index (κ3) is 3.57. The van der Waals surface area contributed by atoms with Crippen LogP contribution < -0.4 is 5.32 Å². The molecule has 4 nitrogen and oxygen atoms in total. The maximum Gasteiger partial charge on any atom is 0.228 e. The first-order chi connectivity index (χ1) is 11.2. The van der Waals surface area contributed by atoms with Gasteiger partial charge in [-0.05, 0) is 47.9 Å². The Bertz CT molecular complexity index is 825. The largest absolute Gasteiger partial charge is 0.396 e. The Hall–Kier alpha value is -2.66. The van der Waals surface area contributed by atoms with Gasteiger partial charge in [0.25, 0.3) is 0 Å². The van der Waals surface area contributed by atoms with Crippen LogP contribution in [0.3, 0.4) is 0 Å². The molecule has 0 saturated carbocycles. The number of carbonyl (C=O) groups is 1. The van der Waals surface area contributed by atoms with Gasteiger partial charge in [0.15, 0.2) is 0 Å². The van der Waals surface area contributed by atoms with Gasteiger partial charge in [-0.15, -0.1) is 0 Å². The van der Waals surface area contributed by atoms with Crippen LogP contribution in [0.4, 0.5) is 10.1 Å². The van der Waals surface area contributed by atoms with Crippen molar-refractivity contribution in [3.63, 3.8) is 0 Å². The number of aliphatic hydroxyl groups excluding tert-OH is 1. The highest BCUT2D eigenvalue weighted by Gasteiger charge is 2.10. The minimum Gasteiger partial charge on any atom is -0.396 e. The predicted molar refractivity (Wildman–Crippen MR) is 87.8 cm³/mol. The Labute approximate surface area is 133 Å². The number of hydrogen-bond donors (Lipinski definition) is 3. The summed E-state index contributed by atoms with van der Waals surface area (Å²) in [7, 11) is 0. The minimum atomic E-state index is -0.321. The molecule has 1 heterocycles. The molecule has 5 heteroatoms. The van der Waals surface area contributed by atoms with Gasteiger partial charge in [0.05, 0.1) is 6.42 Å². The molecule has 0 aliphatic heterocycles. The lowest BCUT2D eigenvalue weighted by molar-refractivity contribution is -0.115. The molecule has 0 radical (unpaired) electrons. The highest BCUT2D eigenvalue weighted by atomic mass is 19.1. The van der Waals surface area contributed by atoms with Gasteiger partial charge < -0.3 is 15.4 Å². The number of hydrogen-bond acceptors (Lipinski definition) is 2. The first kappa shape index (κ1) is 15.2. The number of amides is 1. The molecule has 2 aromatic carbocycles. The normalized spacial score (nSPS) is 10.9. The molecule has 0 atom stereocenters. The summed E-state index contributed by atoms with van der Waals surface area (Å²) in [6.07, 6.45) is 2.49. The summed E-state index contributed by atoms with van der Waals surface area (Å²) in [5.74, 6) is -0.483. The van der Waals surface area contributed by atoms with Crippen molar-refractivity contribution in [1.29, 1.82) is 0 Å². The van der Waals surface area contributed by atoms with Crippen LogP contribution in [0, 0.1) is 5.82 Å². The molecule has 3 rings (SSSR count). The van der Waals surface area contributed by atoms with Crippen LogP contribution in [-0.2, 0) is 17.6 Å². The van der Waals surface area contributed by atoms with Crippen LogP contribution in [0.1, 0.15) is 11.1 Å². The number of aromatic amines is 1. The molecular weight excluding hydrogens is 295 g/mol. The quantitative estimate of drug-likeness (QED) is 0.678. The summed E-state index contributed by atoms with van der Waals surface area (Å²) in [4.78, 5) is 15.2. The van der Waals surface area contributed by atoms with Crippen molar-refractivity contribution < 1.29 is 14.3 Å². The molecule has 1 amide bonds. The minimum absolute atomic E-state index is 0.100. The highest BCUT2D eigenvalue weighted by Crippen LogP contribution is 2.20. The van der Waals surface area contributed by atoms with Gasteiger partial charge in [0.1, 0.15) is 5.82 Å². The second kappa shape index (κ2) is 6.62. The van der Waals surface area contributed by atoms with E-state index in [1.165, 1.54) is 12.1 Å². The van der Waals surface area contributed by atoms with E-state index in [2.05, 4.69) is 10.3 Å². The summed E-state index contributed by atoms with van der Waals surface area (Å²) >= 11 is 0. The molecule has 0 fully saturated rings. The smallest absolute Gasteiger partial charge is 0.228 e. The summed E-state index contributed by atoms with van der Waals surface area (Å²) < 4.78 is 13.3. The van der Waals surface area contributed by atoms with E-state index in [0.29, 0.717) is 12.1 Å². The molecule has 0 spiro atoms. The fourth-order valence-corrected chi connectivity index (χ4v) is 2.56. The number of nitrogens with one attached hydrogen (secondary N) is 2. The highest BCUT2D eigenvalue weighted by molar-refractivity contribution is 5.95. The van der Waals surface area contributed by atoms with Gasteiger partial charge in [-0.3, -0.25) is 4.79 Å². The van der Waals surface area contributed by atoms with E-state index in [1.807, 2.05) is 12.1 Å². The molecule has 0 aliphatic carbocycles. The van der Waals surface area contributed by atoms with Crippen LogP contribution in [0.5, 0.6) is 0 Å². The zero-order valence-corrected chi connectivity index (χ0v) is 12.5. The Morgan fingerprint density at radius 3 is 2.70 bits per heavy atom. The van der Waals surface area contributed by atoms with E-state index in [-0.39, 0.29) is 24.8 Å². The maximum atomic E-state index is 13.3. The number of H-pyrrole nitrogens is 1. The van der Waals surface area contributed by atoms with Crippen LogP contribution in [-0.4, -0.2) is 22.6 Å². The van der Waals surface area contributed by atoms with Crippen molar-refractivity contribution in [2.75, 3.05) is 11.9 Å². The monoisotopic (exact) mass is 312 g/mol. The van der Waals surface area contributed by atoms with E-state index in [4.69, 9.17) is 5.11 Å². The van der Waals surface area contributed by atoms with Crippen molar-refractivity contribution in [1.82, 2.24) is 4.98 Å². The van der Waals surface area contributed by atoms with Crippen molar-refractivity contribution >= 4 is 22.5 Å². The molecule has 0 bridgehead atoms. The number of benzene rings is 2. The van der Waals surface area contributed by atoms with Gasteiger partial charge in [-0.2, -0.15) is 0 Å². The third-order valence-corrected chi connectivity index (χ3v) is 3.72. The molecular formula is C18H17FN2O2. The number of fused-ring (bicyclic) bond motifs is 1.